The van der Waals surface area contributed by atoms with Crippen LogP contribution < -0.4 is 0 Å². The highest BCUT2D eigenvalue weighted by Crippen LogP contribution is 2.20. The zero-order valence-corrected chi connectivity index (χ0v) is 10.4. The van der Waals surface area contributed by atoms with Crippen molar-refractivity contribution in [2.45, 2.75) is 13.8 Å². The number of ether oxygens (including phenoxy) is 1. The lowest BCUT2D eigenvalue weighted by Gasteiger charge is -2.06. The van der Waals surface area contributed by atoms with Gasteiger partial charge < -0.3 is 4.74 Å². The second kappa shape index (κ2) is 5.71. The van der Waals surface area contributed by atoms with E-state index in [9.17, 15) is 4.79 Å². The summed E-state index contributed by atoms with van der Waals surface area (Å²) in [7, 11) is 0. The average molecular weight is 269 g/mol. The van der Waals surface area contributed by atoms with Crippen molar-refractivity contribution < 1.29 is 9.53 Å². The van der Waals surface area contributed by atoms with Crippen LogP contribution in [-0.4, -0.2) is 12.6 Å². The third kappa shape index (κ3) is 3.20. The summed E-state index contributed by atoms with van der Waals surface area (Å²) in [5.41, 5.74) is 1.46. The highest BCUT2D eigenvalue weighted by Gasteiger charge is 2.11. The van der Waals surface area contributed by atoms with Gasteiger partial charge in [-0.2, -0.15) is 0 Å². The molecule has 0 aromatic heterocycles. The fraction of sp³-hybridized carbons (Fsp3) is 0.250. The summed E-state index contributed by atoms with van der Waals surface area (Å²) >= 11 is 3.37. The Morgan fingerprint density at radius 3 is 2.80 bits per heavy atom. The fourth-order valence-corrected chi connectivity index (χ4v) is 1.67. The van der Waals surface area contributed by atoms with E-state index in [0.29, 0.717) is 12.2 Å². The van der Waals surface area contributed by atoms with Gasteiger partial charge in [0.25, 0.3) is 0 Å². The first kappa shape index (κ1) is 12.0. The summed E-state index contributed by atoms with van der Waals surface area (Å²) in [6.45, 7) is 4.02. The standard InChI is InChI=1S/C12H13BrO2/c1-3-11(12(14)15-4-2)9-6-5-7-10(13)8-9/h3,5-8H,4H2,1-2H3. The fourth-order valence-electron chi connectivity index (χ4n) is 1.27. The molecule has 0 atom stereocenters. The summed E-state index contributed by atoms with van der Waals surface area (Å²) in [6.07, 6.45) is 1.76. The molecule has 0 radical (unpaired) electrons. The predicted octanol–water partition coefficient (Wildman–Crippen LogP) is 3.42. The molecule has 0 aliphatic heterocycles. The van der Waals surface area contributed by atoms with Crippen molar-refractivity contribution in [3.8, 4) is 0 Å². The molecule has 0 N–H and O–H groups in total. The lowest BCUT2D eigenvalue weighted by molar-refractivity contribution is -0.136. The van der Waals surface area contributed by atoms with Crippen molar-refractivity contribution >= 4 is 27.5 Å². The van der Waals surface area contributed by atoms with Crippen LogP contribution in [0.2, 0.25) is 0 Å². The number of benzene rings is 1. The van der Waals surface area contributed by atoms with Crippen LogP contribution in [0.25, 0.3) is 5.57 Å². The topological polar surface area (TPSA) is 26.3 Å². The largest absolute Gasteiger partial charge is 0.462 e. The van der Waals surface area contributed by atoms with Crippen LogP contribution in [0, 0.1) is 0 Å². The number of rotatable bonds is 3. The molecule has 2 nitrogen and oxygen atoms in total. The van der Waals surface area contributed by atoms with Crippen LogP contribution in [0.5, 0.6) is 0 Å². The molecule has 0 unspecified atom stereocenters. The summed E-state index contributed by atoms with van der Waals surface area (Å²) < 4.78 is 5.91. The first-order chi connectivity index (χ1) is 7.19. The van der Waals surface area contributed by atoms with Crippen LogP contribution in [0.1, 0.15) is 19.4 Å². The molecule has 0 spiro atoms. The molecular formula is C12H13BrO2. The van der Waals surface area contributed by atoms with Crippen LogP contribution >= 0.6 is 15.9 Å². The molecule has 15 heavy (non-hydrogen) atoms. The van der Waals surface area contributed by atoms with Crippen molar-refractivity contribution in [3.63, 3.8) is 0 Å². The van der Waals surface area contributed by atoms with Crippen LogP contribution in [0.15, 0.2) is 34.8 Å². The van der Waals surface area contributed by atoms with Gasteiger partial charge in [-0.25, -0.2) is 4.79 Å². The molecule has 1 rings (SSSR count). The summed E-state index contributed by atoms with van der Waals surface area (Å²) in [5, 5.41) is 0. The molecule has 1 aromatic rings. The van der Waals surface area contributed by atoms with E-state index in [2.05, 4.69) is 15.9 Å². The van der Waals surface area contributed by atoms with Gasteiger partial charge in [-0.05, 0) is 31.5 Å². The van der Waals surface area contributed by atoms with Gasteiger partial charge in [-0.1, -0.05) is 34.1 Å². The molecule has 0 fully saturated rings. The maximum absolute atomic E-state index is 11.6. The van der Waals surface area contributed by atoms with Gasteiger partial charge in [0.05, 0.1) is 12.2 Å². The molecule has 0 heterocycles. The van der Waals surface area contributed by atoms with Gasteiger partial charge in [0.2, 0.25) is 0 Å². The molecule has 0 amide bonds. The second-order valence-electron chi connectivity index (χ2n) is 2.93. The van der Waals surface area contributed by atoms with Gasteiger partial charge in [-0.3, -0.25) is 0 Å². The van der Waals surface area contributed by atoms with E-state index in [1.165, 1.54) is 0 Å². The maximum atomic E-state index is 11.6. The van der Waals surface area contributed by atoms with Gasteiger partial charge in [0.15, 0.2) is 0 Å². The van der Waals surface area contributed by atoms with Gasteiger partial charge >= 0.3 is 5.97 Å². The van der Waals surface area contributed by atoms with E-state index in [0.717, 1.165) is 10.0 Å². The normalized spacial score (nSPS) is 11.3. The van der Waals surface area contributed by atoms with E-state index in [1.54, 1.807) is 13.0 Å². The monoisotopic (exact) mass is 268 g/mol. The third-order valence-corrected chi connectivity index (χ3v) is 2.41. The van der Waals surface area contributed by atoms with E-state index < -0.39 is 0 Å². The molecule has 0 aliphatic rings. The summed E-state index contributed by atoms with van der Waals surface area (Å²) in [4.78, 5) is 11.6. The molecule has 80 valence electrons. The molecule has 0 bridgehead atoms. The number of carbonyl (C=O) groups excluding carboxylic acids is 1. The molecule has 1 aromatic carbocycles. The number of hydrogen-bond acceptors (Lipinski definition) is 2. The first-order valence-corrected chi connectivity index (χ1v) is 5.57. The zero-order valence-electron chi connectivity index (χ0n) is 8.79. The zero-order chi connectivity index (χ0) is 11.3. The van der Waals surface area contributed by atoms with Gasteiger partial charge in [-0.15, -0.1) is 0 Å². The van der Waals surface area contributed by atoms with Crippen LogP contribution in [0.3, 0.4) is 0 Å². The molecule has 0 saturated heterocycles. The molecule has 3 heteroatoms. The number of esters is 1. The van der Waals surface area contributed by atoms with E-state index in [4.69, 9.17) is 4.74 Å². The van der Waals surface area contributed by atoms with Crippen LogP contribution in [-0.2, 0) is 9.53 Å². The second-order valence-corrected chi connectivity index (χ2v) is 3.85. The van der Waals surface area contributed by atoms with E-state index in [1.807, 2.05) is 31.2 Å². The first-order valence-electron chi connectivity index (χ1n) is 4.78. The third-order valence-electron chi connectivity index (χ3n) is 1.92. The summed E-state index contributed by atoms with van der Waals surface area (Å²) in [6, 6.07) is 7.59. The lowest BCUT2D eigenvalue weighted by atomic mass is 10.1. The Kier molecular flexibility index (Phi) is 4.56. The highest BCUT2D eigenvalue weighted by molar-refractivity contribution is 9.10. The molecule has 0 aliphatic carbocycles. The average Bonchev–Trinajstić information content (AvgIpc) is 2.19. The number of halogens is 1. The maximum Gasteiger partial charge on any atom is 0.338 e. The Morgan fingerprint density at radius 1 is 1.53 bits per heavy atom. The predicted molar refractivity (Wildman–Crippen MR) is 64.4 cm³/mol. The minimum atomic E-state index is -0.280. The van der Waals surface area contributed by atoms with Crippen molar-refractivity contribution in [1.29, 1.82) is 0 Å². The Labute approximate surface area is 98.1 Å². The quantitative estimate of drug-likeness (QED) is 0.620. The van der Waals surface area contributed by atoms with Crippen LogP contribution in [0.4, 0.5) is 0 Å². The minimum Gasteiger partial charge on any atom is -0.462 e. The molecule has 0 saturated carbocycles. The Bertz CT molecular complexity index is 383. The van der Waals surface area contributed by atoms with Gasteiger partial charge in [0, 0.05) is 4.47 Å². The molecular weight excluding hydrogens is 256 g/mol. The SMILES string of the molecule is CC=C(C(=O)OCC)c1cccc(Br)c1. The van der Waals surface area contributed by atoms with E-state index >= 15 is 0 Å². The Balaban J connectivity index is 2.99. The Morgan fingerprint density at radius 2 is 2.27 bits per heavy atom. The van der Waals surface area contributed by atoms with Crippen molar-refractivity contribution in [1.82, 2.24) is 0 Å². The van der Waals surface area contributed by atoms with Crippen molar-refractivity contribution in [2.24, 2.45) is 0 Å². The van der Waals surface area contributed by atoms with Gasteiger partial charge in [0.1, 0.15) is 0 Å². The summed E-state index contributed by atoms with van der Waals surface area (Å²) in [5.74, 6) is -0.280. The smallest absolute Gasteiger partial charge is 0.338 e. The minimum absolute atomic E-state index is 0.280. The number of carbonyl (C=O) groups is 1. The van der Waals surface area contributed by atoms with E-state index in [-0.39, 0.29) is 5.97 Å². The Hall–Kier alpha value is -1.09. The van der Waals surface area contributed by atoms with Crippen molar-refractivity contribution in [3.05, 3.63) is 40.4 Å². The highest BCUT2D eigenvalue weighted by atomic mass is 79.9. The van der Waals surface area contributed by atoms with Crippen molar-refractivity contribution in [2.75, 3.05) is 6.61 Å². The number of allylic oxidation sites excluding steroid dienone is 1. The lowest BCUT2D eigenvalue weighted by Crippen LogP contribution is -2.06. The number of hydrogen-bond donors (Lipinski definition) is 0.